The van der Waals surface area contributed by atoms with E-state index in [9.17, 15) is 0 Å². The highest BCUT2D eigenvalue weighted by Crippen LogP contribution is 2.28. The molecule has 0 unspecified atom stereocenters. The molecule has 0 aliphatic carbocycles. The molecule has 3 heteroatoms. The molecule has 3 nitrogen and oxygen atoms in total. The number of benzene rings is 1. The molecule has 1 aliphatic rings. The molecule has 0 bridgehead atoms. The second-order valence-corrected chi connectivity index (χ2v) is 4.65. The summed E-state index contributed by atoms with van der Waals surface area (Å²) in [6.07, 6.45) is 1.88. The molecular formula is C15H17N3. The number of pyridine rings is 1. The lowest BCUT2D eigenvalue weighted by atomic mass is 10.1. The van der Waals surface area contributed by atoms with Crippen LogP contribution in [-0.4, -0.2) is 18.1 Å². The average Bonchev–Trinajstić information content (AvgIpc) is 2.61. The zero-order valence-electron chi connectivity index (χ0n) is 10.6. The minimum Gasteiger partial charge on any atom is -0.325 e. The lowest BCUT2D eigenvalue weighted by molar-refractivity contribution is 0.711. The fourth-order valence-corrected chi connectivity index (χ4v) is 2.36. The summed E-state index contributed by atoms with van der Waals surface area (Å²) in [5.74, 6) is 1.03. The van der Waals surface area contributed by atoms with Gasteiger partial charge in [0.15, 0.2) is 0 Å². The highest BCUT2D eigenvalue weighted by Gasteiger charge is 2.16. The number of rotatable bonds is 1. The van der Waals surface area contributed by atoms with Crippen LogP contribution in [0.25, 0.3) is 0 Å². The van der Waals surface area contributed by atoms with Crippen molar-refractivity contribution >= 4 is 11.5 Å². The Balaban J connectivity index is 2.06. The lowest BCUT2D eigenvalue weighted by Gasteiger charge is -2.23. The average molecular weight is 239 g/mol. The number of aromatic nitrogens is 1. The predicted octanol–water partition coefficient (Wildman–Crippen LogP) is 2.63. The van der Waals surface area contributed by atoms with Crippen LogP contribution in [0.4, 0.5) is 11.5 Å². The van der Waals surface area contributed by atoms with Crippen molar-refractivity contribution in [2.24, 2.45) is 0 Å². The fraction of sp³-hybridized carbons (Fsp3) is 0.267. The van der Waals surface area contributed by atoms with Crippen LogP contribution in [0.15, 0.2) is 42.6 Å². The Kier molecular flexibility index (Phi) is 2.99. The Bertz CT molecular complexity index is 551. The van der Waals surface area contributed by atoms with Crippen LogP contribution in [0.3, 0.4) is 0 Å². The van der Waals surface area contributed by atoms with Gasteiger partial charge < -0.3 is 10.2 Å². The van der Waals surface area contributed by atoms with Gasteiger partial charge in [0, 0.05) is 31.5 Å². The van der Waals surface area contributed by atoms with Crippen molar-refractivity contribution in [1.82, 2.24) is 10.3 Å². The molecule has 2 heterocycles. The Labute approximate surface area is 107 Å². The summed E-state index contributed by atoms with van der Waals surface area (Å²) in [6, 6.07) is 12.7. The number of fused-ring (bicyclic) bond motifs is 1. The maximum absolute atomic E-state index is 4.50. The van der Waals surface area contributed by atoms with Crippen LogP contribution in [-0.2, 0) is 6.54 Å². The molecule has 1 N–H and O–H groups in total. The molecule has 1 aromatic carbocycles. The van der Waals surface area contributed by atoms with Crippen LogP contribution in [0, 0.1) is 6.92 Å². The lowest BCUT2D eigenvalue weighted by Crippen LogP contribution is -2.25. The molecule has 0 radical (unpaired) electrons. The third-order valence-electron chi connectivity index (χ3n) is 3.29. The van der Waals surface area contributed by atoms with Crippen molar-refractivity contribution < 1.29 is 0 Å². The van der Waals surface area contributed by atoms with Crippen molar-refractivity contribution in [3.63, 3.8) is 0 Å². The van der Waals surface area contributed by atoms with Crippen LogP contribution >= 0.6 is 0 Å². The van der Waals surface area contributed by atoms with Gasteiger partial charge in [-0.25, -0.2) is 4.98 Å². The van der Waals surface area contributed by atoms with Crippen molar-refractivity contribution in [3.8, 4) is 0 Å². The summed E-state index contributed by atoms with van der Waals surface area (Å²) >= 11 is 0. The summed E-state index contributed by atoms with van der Waals surface area (Å²) in [5.41, 5.74) is 3.84. The third-order valence-corrected chi connectivity index (χ3v) is 3.29. The van der Waals surface area contributed by atoms with E-state index in [1.807, 2.05) is 12.3 Å². The molecule has 0 fully saturated rings. The first-order valence-corrected chi connectivity index (χ1v) is 6.33. The van der Waals surface area contributed by atoms with E-state index in [-0.39, 0.29) is 0 Å². The quantitative estimate of drug-likeness (QED) is 0.829. The predicted molar refractivity (Wildman–Crippen MR) is 74.1 cm³/mol. The highest BCUT2D eigenvalue weighted by atomic mass is 15.2. The molecule has 92 valence electrons. The molecule has 0 saturated carbocycles. The van der Waals surface area contributed by atoms with E-state index < -0.39 is 0 Å². The summed E-state index contributed by atoms with van der Waals surface area (Å²) in [5, 5.41) is 3.45. The summed E-state index contributed by atoms with van der Waals surface area (Å²) in [4.78, 5) is 6.80. The minimum absolute atomic E-state index is 0.929. The van der Waals surface area contributed by atoms with E-state index in [4.69, 9.17) is 0 Å². The smallest absolute Gasteiger partial charge is 0.133 e. The van der Waals surface area contributed by atoms with Crippen LogP contribution in [0.5, 0.6) is 0 Å². The standard InChI is InChI=1S/C15H17N3/c1-12-6-7-17-15(10-12)18-9-8-16-11-13-4-2-3-5-14(13)18/h2-7,10,16H,8-9,11H2,1H3. The summed E-state index contributed by atoms with van der Waals surface area (Å²) in [6.45, 7) is 4.96. The maximum Gasteiger partial charge on any atom is 0.133 e. The SMILES string of the molecule is Cc1ccnc(N2CCNCc3ccccc32)c1. The number of para-hydroxylation sites is 1. The van der Waals surface area contributed by atoms with E-state index in [2.05, 4.69) is 52.5 Å². The minimum atomic E-state index is 0.929. The van der Waals surface area contributed by atoms with Gasteiger partial charge in [0.25, 0.3) is 0 Å². The first-order valence-electron chi connectivity index (χ1n) is 6.33. The molecule has 0 spiro atoms. The molecule has 0 amide bonds. The number of anilines is 2. The number of nitrogens with one attached hydrogen (secondary N) is 1. The topological polar surface area (TPSA) is 28.2 Å². The van der Waals surface area contributed by atoms with Gasteiger partial charge in [-0.2, -0.15) is 0 Å². The molecule has 18 heavy (non-hydrogen) atoms. The maximum atomic E-state index is 4.50. The number of nitrogens with zero attached hydrogens (tertiary/aromatic N) is 2. The van der Waals surface area contributed by atoms with Gasteiger partial charge in [-0.05, 0) is 36.2 Å². The zero-order valence-corrected chi connectivity index (χ0v) is 10.6. The second kappa shape index (κ2) is 4.78. The van der Waals surface area contributed by atoms with Gasteiger partial charge in [-0.3, -0.25) is 0 Å². The third kappa shape index (κ3) is 2.09. The molecule has 0 saturated heterocycles. The van der Waals surface area contributed by atoms with Crippen molar-refractivity contribution in [3.05, 3.63) is 53.7 Å². The fourth-order valence-electron chi connectivity index (χ4n) is 2.36. The number of aryl methyl sites for hydroxylation is 1. The van der Waals surface area contributed by atoms with Gasteiger partial charge in [0.1, 0.15) is 5.82 Å². The first-order chi connectivity index (χ1) is 8.84. The number of hydrogen-bond donors (Lipinski definition) is 1. The van der Waals surface area contributed by atoms with Gasteiger partial charge in [-0.15, -0.1) is 0 Å². The number of hydrogen-bond acceptors (Lipinski definition) is 3. The molecule has 1 aromatic heterocycles. The second-order valence-electron chi connectivity index (χ2n) is 4.65. The normalized spacial score (nSPS) is 15.1. The van der Waals surface area contributed by atoms with Gasteiger partial charge in [0.05, 0.1) is 0 Å². The van der Waals surface area contributed by atoms with Crippen molar-refractivity contribution in [2.75, 3.05) is 18.0 Å². The molecule has 2 aromatic rings. The summed E-state index contributed by atoms with van der Waals surface area (Å²) < 4.78 is 0. The summed E-state index contributed by atoms with van der Waals surface area (Å²) in [7, 11) is 0. The molecule has 0 atom stereocenters. The van der Waals surface area contributed by atoms with Gasteiger partial charge in [-0.1, -0.05) is 18.2 Å². The molecule has 1 aliphatic heterocycles. The van der Waals surface area contributed by atoms with Gasteiger partial charge in [0.2, 0.25) is 0 Å². The van der Waals surface area contributed by atoms with Crippen LogP contribution in [0.1, 0.15) is 11.1 Å². The van der Waals surface area contributed by atoms with Crippen molar-refractivity contribution in [2.45, 2.75) is 13.5 Å². The Morgan fingerprint density at radius 2 is 2.11 bits per heavy atom. The van der Waals surface area contributed by atoms with Crippen molar-refractivity contribution in [1.29, 1.82) is 0 Å². The Morgan fingerprint density at radius 3 is 3.00 bits per heavy atom. The van der Waals surface area contributed by atoms with Crippen LogP contribution < -0.4 is 10.2 Å². The van der Waals surface area contributed by atoms with E-state index >= 15 is 0 Å². The highest BCUT2D eigenvalue weighted by molar-refractivity contribution is 5.64. The first kappa shape index (κ1) is 11.2. The Morgan fingerprint density at radius 1 is 1.22 bits per heavy atom. The van der Waals surface area contributed by atoms with E-state index in [0.717, 1.165) is 25.5 Å². The Hall–Kier alpha value is -1.87. The van der Waals surface area contributed by atoms with Gasteiger partial charge >= 0.3 is 0 Å². The largest absolute Gasteiger partial charge is 0.325 e. The zero-order chi connectivity index (χ0) is 12.4. The molecule has 3 rings (SSSR count). The van der Waals surface area contributed by atoms with E-state index in [0.29, 0.717) is 0 Å². The van der Waals surface area contributed by atoms with Crippen LogP contribution in [0.2, 0.25) is 0 Å². The van der Waals surface area contributed by atoms with E-state index in [1.165, 1.54) is 16.8 Å². The monoisotopic (exact) mass is 239 g/mol. The molecular weight excluding hydrogens is 222 g/mol. The van der Waals surface area contributed by atoms with E-state index in [1.54, 1.807) is 0 Å².